The molecule has 0 heterocycles. The van der Waals surface area contributed by atoms with E-state index >= 15 is 0 Å². The lowest BCUT2D eigenvalue weighted by Crippen LogP contribution is -2.01. The van der Waals surface area contributed by atoms with Gasteiger partial charge in [0.15, 0.2) is 5.75 Å². The molecule has 0 saturated heterocycles. The Hall–Kier alpha value is -2.37. The number of carbonyl (C=O) groups is 1. The van der Waals surface area contributed by atoms with E-state index in [1.54, 1.807) is 25.1 Å². The molecule has 21 heavy (non-hydrogen) atoms. The fraction of sp³-hybridized carbons (Fsp3) is 0.400. The van der Waals surface area contributed by atoms with Crippen LogP contribution in [0.25, 0.3) is 0 Å². The molecule has 0 unspecified atom stereocenters. The van der Waals surface area contributed by atoms with Gasteiger partial charge in [0.1, 0.15) is 0 Å². The van der Waals surface area contributed by atoms with Crippen molar-refractivity contribution in [2.75, 3.05) is 13.2 Å². The largest absolute Gasteiger partial charge is 0.487 e. The molecule has 0 amide bonds. The summed E-state index contributed by atoms with van der Waals surface area (Å²) < 4.78 is 10.2. The van der Waals surface area contributed by atoms with Crippen LogP contribution in [0.5, 0.6) is 5.75 Å². The van der Waals surface area contributed by atoms with E-state index in [-0.39, 0.29) is 17.4 Å². The van der Waals surface area contributed by atoms with Crippen LogP contribution in [0, 0.1) is 17.0 Å². The molecule has 0 aliphatic carbocycles. The third-order valence-corrected chi connectivity index (χ3v) is 2.63. The van der Waals surface area contributed by atoms with Crippen molar-refractivity contribution in [2.45, 2.75) is 26.7 Å². The van der Waals surface area contributed by atoms with Crippen molar-refractivity contribution < 1.29 is 19.2 Å². The molecule has 0 aliphatic heterocycles. The molecule has 0 saturated carbocycles. The molecule has 0 bridgehead atoms. The fourth-order valence-electron chi connectivity index (χ4n) is 1.64. The number of benzene rings is 1. The Kier molecular flexibility index (Phi) is 6.94. The summed E-state index contributed by atoms with van der Waals surface area (Å²) in [6.07, 6.45) is 4.37. The first-order valence-electron chi connectivity index (χ1n) is 6.75. The van der Waals surface area contributed by atoms with Gasteiger partial charge < -0.3 is 9.47 Å². The maximum absolute atomic E-state index is 11.0. The smallest absolute Gasteiger partial charge is 0.330 e. The monoisotopic (exact) mass is 293 g/mol. The van der Waals surface area contributed by atoms with Crippen molar-refractivity contribution in [3.05, 3.63) is 46.0 Å². The van der Waals surface area contributed by atoms with Crippen molar-refractivity contribution in [3.8, 4) is 5.75 Å². The summed E-state index contributed by atoms with van der Waals surface area (Å²) in [4.78, 5) is 21.4. The minimum absolute atomic E-state index is 0.0392. The van der Waals surface area contributed by atoms with Crippen molar-refractivity contribution in [2.24, 2.45) is 0 Å². The van der Waals surface area contributed by atoms with E-state index in [4.69, 9.17) is 9.47 Å². The zero-order valence-electron chi connectivity index (χ0n) is 12.2. The van der Waals surface area contributed by atoms with Crippen LogP contribution in [-0.4, -0.2) is 24.1 Å². The Morgan fingerprint density at radius 3 is 2.86 bits per heavy atom. The molecule has 1 aromatic carbocycles. The predicted octanol–water partition coefficient (Wildman–Crippen LogP) is 3.18. The number of rotatable bonds is 8. The molecule has 0 spiro atoms. The SMILES string of the molecule is CCOC(=O)/C=C/CCCOc1cc(C)ccc1[N+](=O)[O-]. The Morgan fingerprint density at radius 1 is 1.43 bits per heavy atom. The summed E-state index contributed by atoms with van der Waals surface area (Å²) in [6.45, 7) is 4.29. The van der Waals surface area contributed by atoms with Gasteiger partial charge in [0, 0.05) is 12.1 Å². The topological polar surface area (TPSA) is 78.7 Å². The second-order valence-electron chi connectivity index (χ2n) is 4.37. The number of aryl methyl sites for hydroxylation is 1. The maximum Gasteiger partial charge on any atom is 0.330 e. The van der Waals surface area contributed by atoms with Gasteiger partial charge in [-0.05, 0) is 38.3 Å². The molecule has 0 radical (unpaired) electrons. The first-order chi connectivity index (χ1) is 10.0. The second-order valence-corrected chi connectivity index (χ2v) is 4.37. The highest BCUT2D eigenvalue weighted by Crippen LogP contribution is 2.27. The molecule has 0 aromatic heterocycles. The normalized spacial score (nSPS) is 10.6. The number of hydrogen-bond acceptors (Lipinski definition) is 5. The van der Waals surface area contributed by atoms with E-state index < -0.39 is 4.92 Å². The maximum atomic E-state index is 11.0. The van der Waals surface area contributed by atoms with Crippen molar-refractivity contribution in [1.82, 2.24) is 0 Å². The number of ether oxygens (including phenoxy) is 2. The minimum atomic E-state index is -0.463. The van der Waals surface area contributed by atoms with E-state index in [2.05, 4.69) is 0 Å². The molecule has 6 nitrogen and oxygen atoms in total. The molecule has 0 aliphatic rings. The van der Waals surface area contributed by atoms with E-state index in [9.17, 15) is 14.9 Å². The van der Waals surface area contributed by atoms with Crippen molar-refractivity contribution in [1.29, 1.82) is 0 Å². The number of nitrogens with zero attached hydrogens (tertiary/aromatic N) is 1. The van der Waals surface area contributed by atoms with Gasteiger partial charge in [-0.15, -0.1) is 0 Å². The Balaban J connectivity index is 2.41. The lowest BCUT2D eigenvalue weighted by Gasteiger charge is -2.06. The third-order valence-electron chi connectivity index (χ3n) is 2.63. The van der Waals surface area contributed by atoms with Crippen LogP contribution < -0.4 is 4.74 Å². The first-order valence-corrected chi connectivity index (χ1v) is 6.75. The van der Waals surface area contributed by atoms with E-state index in [1.165, 1.54) is 12.1 Å². The van der Waals surface area contributed by atoms with Crippen LogP contribution in [0.4, 0.5) is 5.69 Å². The molecule has 6 heteroatoms. The van der Waals surface area contributed by atoms with Crippen LogP contribution in [-0.2, 0) is 9.53 Å². The van der Waals surface area contributed by atoms with Crippen LogP contribution in [0.1, 0.15) is 25.3 Å². The Bertz CT molecular complexity index is 525. The lowest BCUT2D eigenvalue weighted by atomic mass is 10.2. The highest BCUT2D eigenvalue weighted by atomic mass is 16.6. The van der Waals surface area contributed by atoms with Gasteiger partial charge in [-0.3, -0.25) is 10.1 Å². The number of unbranched alkanes of at least 4 members (excludes halogenated alkanes) is 1. The molecule has 1 aromatic rings. The standard InChI is InChI=1S/C15H19NO5/c1-3-20-15(17)7-5-4-6-10-21-14-11-12(2)8-9-13(14)16(18)19/h5,7-9,11H,3-4,6,10H2,1-2H3/b7-5+. The van der Waals surface area contributed by atoms with Gasteiger partial charge in [0.25, 0.3) is 0 Å². The second kappa shape index (κ2) is 8.73. The predicted molar refractivity (Wildman–Crippen MR) is 78.3 cm³/mol. The third kappa shape index (κ3) is 6.07. The summed E-state index contributed by atoms with van der Waals surface area (Å²) in [6, 6.07) is 4.75. The molecular weight excluding hydrogens is 274 g/mol. The van der Waals surface area contributed by atoms with Crippen LogP contribution in [0.2, 0.25) is 0 Å². The molecular formula is C15H19NO5. The van der Waals surface area contributed by atoms with Crippen LogP contribution >= 0.6 is 0 Å². The molecule has 0 atom stereocenters. The van der Waals surface area contributed by atoms with Gasteiger partial charge in [0.2, 0.25) is 0 Å². The van der Waals surface area contributed by atoms with Gasteiger partial charge >= 0.3 is 11.7 Å². The number of esters is 1. The number of allylic oxidation sites excluding steroid dienone is 1. The van der Waals surface area contributed by atoms with E-state index in [0.29, 0.717) is 26.1 Å². The quantitative estimate of drug-likeness (QED) is 0.242. The summed E-state index contributed by atoms with van der Waals surface area (Å²) in [5.74, 6) is -0.0953. The van der Waals surface area contributed by atoms with Crippen molar-refractivity contribution in [3.63, 3.8) is 0 Å². The molecule has 114 valence electrons. The molecule has 0 N–H and O–H groups in total. The summed E-state index contributed by atoms with van der Waals surface area (Å²) >= 11 is 0. The van der Waals surface area contributed by atoms with Crippen LogP contribution in [0.3, 0.4) is 0 Å². The zero-order valence-corrected chi connectivity index (χ0v) is 12.2. The summed E-state index contributed by atoms with van der Waals surface area (Å²) in [5, 5.41) is 10.9. The fourth-order valence-corrected chi connectivity index (χ4v) is 1.64. The number of nitro groups is 1. The van der Waals surface area contributed by atoms with Gasteiger partial charge in [0.05, 0.1) is 18.1 Å². The number of hydrogen-bond donors (Lipinski definition) is 0. The summed E-state index contributed by atoms with van der Waals surface area (Å²) in [5.41, 5.74) is 0.862. The van der Waals surface area contributed by atoms with Crippen LogP contribution in [0.15, 0.2) is 30.4 Å². The first kappa shape index (κ1) is 16.7. The average Bonchev–Trinajstić information content (AvgIpc) is 2.42. The number of nitro benzene ring substituents is 1. The van der Waals surface area contributed by atoms with Gasteiger partial charge in [-0.2, -0.15) is 0 Å². The van der Waals surface area contributed by atoms with Crippen molar-refractivity contribution >= 4 is 11.7 Å². The van der Waals surface area contributed by atoms with E-state index in [1.807, 2.05) is 6.92 Å². The van der Waals surface area contributed by atoms with Gasteiger partial charge in [-0.1, -0.05) is 12.1 Å². The molecule has 0 fully saturated rings. The number of carbonyl (C=O) groups excluding carboxylic acids is 1. The Morgan fingerprint density at radius 2 is 2.19 bits per heavy atom. The highest BCUT2D eigenvalue weighted by molar-refractivity contribution is 5.81. The lowest BCUT2D eigenvalue weighted by molar-refractivity contribution is -0.385. The zero-order chi connectivity index (χ0) is 15.7. The average molecular weight is 293 g/mol. The molecule has 1 rings (SSSR count). The summed E-state index contributed by atoms with van der Waals surface area (Å²) in [7, 11) is 0. The van der Waals surface area contributed by atoms with E-state index in [0.717, 1.165) is 5.56 Å². The Labute approximate surface area is 123 Å². The minimum Gasteiger partial charge on any atom is -0.487 e. The highest BCUT2D eigenvalue weighted by Gasteiger charge is 2.14. The van der Waals surface area contributed by atoms with Gasteiger partial charge in [-0.25, -0.2) is 4.79 Å².